The third kappa shape index (κ3) is 5.16. The van der Waals surface area contributed by atoms with Crippen LogP contribution in [0, 0.1) is 11.8 Å². The third-order valence-electron chi connectivity index (χ3n) is 4.86. The van der Waals surface area contributed by atoms with Gasteiger partial charge < -0.3 is 0 Å². The van der Waals surface area contributed by atoms with E-state index in [2.05, 4.69) is 25.2 Å². The Kier molecular flexibility index (Phi) is 6.74. The number of fused-ring (bicyclic) bond motifs is 2. The maximum Gasteiger partial charge on any atom is -0.00173 e. The Balaban J connectivity index is 1.41. The number of rotatable bonds is 10. The van der Waals surface area contributed by atoms with Gasteiger partial charge in [-0.1, -0.05) is 82.1 Å². The van der Waals surface area contributed by atoms with Crippen molar-refractivity contribution in [3.63, 3.8) is 0 Å². The van der Waals surface area contributed by atoms with Crippen LogP contribution in [0.5, 0.6) is 0 Å². The Labute approximate surface area is 120 Å². The maximum absolute atomic E-state index is 2.56. The van der Waals surface area contributed by atoms with Crippen LogP contribution in [0.15, 0.2) is 23.8 Å². The van der Waals surface area contributed by atoms with Gasteiger partial charge in [-0.25, -0.2) is 0 Å². The molecule has 0 aliphatic heterocycles. The summed E-state index contributed by atoms with van der Waals surface area (Å²) in [7, 11) is 0. The van der Waals surface area contributed by atoms with Gasteiger partial charge in [-0.05, 0) is 37.5 Å². The summed E-state index contributed by atoms with van der Waals surface area (Å²) in [5, 5.41) is 0. The zero-order chi connectivity index (χ0) is 13.3. The first-order valence-corrected chi connectivity index (χ1v) is 8.77. The van der Waals surface area contributed by atoms with E-state index in [0.29, 0.717) is 0 Å². The summed E-state index contributed by atoms with van der Waals surface area (Å²) >= 11 is 0. The van der Waals surface area contributed by atoms with E-state index in [0.717, 1.165) is 11.8 Å². The van der Waals surface area contributed by atoms with E-state index in [1.165, 1.54) is 77.0 Å². The first-order chi connectivity index (χ1) is 9.40. The van der Waals surface area contributed by atoms with Crippen LogP contribution in [0.4, 0.5) is 0 Å². The fourth-order valence-electron chi connectivity index (χ4n) is 3.63. The molecule has 108 valence electrons. The maximum atomic E-state index is 2.56. The van der Waals surface area contributed by atoms with Gasteiger partial charge in [0.1, 0.15) is 0 Å². The molecule has 2 atom stereocenters. The highest BCUT2D eigenvalue weighted by atomic mass is 14.3. The largest absolute Gasteiger partial charge is 0.0847 e. The Morgan fingerprint density at radius 2 is 1.63 bits per heavy atom. The molecule has 1 fully saturated rings. The minimum atomic E-state index is 0.837. The number of unbranched alkanes of at least 4 members (excludes halogenated alkanes) is 9. The van der Waals surface area contributed by atoms with Gasteiger partial charge in [-0.15, -0.1) is 0 Å². The molecule has 1 saturated carbocycles. The second kappa shape index (κ2) is 8.61. The van der Waals surface area contributed by atoms with Crippen molar-refractivity contribution in [2.75, 3.05) is 0 Å². The van der Waals surface area contributed by atoms with Crippen LogP contribution in [-0.2, 0) is 0 Å². The predicted octanol–water partition coefficient (Wildman–Crippen LogP) is 6.43. The molecule has 0 N–H and O–H groups in total. The lowest BCUT2D eigenvalue weighted by molar-refractivity contribution is 0.566. The number of allylic oxidation sites excluding steroid dienone is 4. The molecule has 0 heteroatoms. The molecule has 0 amide bonds. The van der Waals surface area contributed by atoms with Gasteiger partial charge in [0.2, 0.25) is 0 Å². The van der Waals surface area contributed by atoms with E-state index in [9.17, 15) is 0 Å². The summed E-state index contributed by atoms with van der Waals surface area (Å²) in [5.74, 6) is 1.74. The van der Waals surface area contributed by atoms with E-state index in [1.807, 2.05) is 0 Å². The highest BCUT2D eigenvalue weighted by Gasteiger charge is 2.29. The quantitative estimate of drug-likeness (QED) is 0.313. The highest BCUT2D eigenvalue weighted by Crippen LogP contribution is 2.43. The second-order valence-electron chi connectivity index (χ2n) is 6.59. The molecule has 2 bridgehead atoms. The molecule has 0 saturated heterocycles. The lowest BCUT2D eigenvalue weighted by atomic mass is 9.98. The Hall–Kier alpha value is -0.520. The highest BCUT2D eigenvalue weighted by molar-refractivity contribution is 5.26. The molecule has 0 nitrogen and oxygen atoms in total. The number of hydrogen-bond acceptors (Lipinski definition) is 0. The minimum absolute atomic E-state index is 0.837. The summed E-state index contributed by atoms with van der Waals surface area (Å²) < 4.78 is 0. The van der Waals surface area contributed by atoms with Crippen LogP contribution in [0.2, 0.25) is 0 Å². The van der Waals surface area contributed by atoms with Crippen molar-refractivity contribution in [3.05, 3.63) is 23.8 Å². The van der Waals surface area contributed by atoms with Crippen LogP contribution in [0.1, 0.15) is 84.0 Å². The molecule has 0 radical (unpaired) electrons. The van der Waals surface area contributed by atoms with E-state index in [-0.39, 0.29) is 0 Å². The summed E-state index contributed by atoms with van der Waals surface area (Å²) in [6.07, 6.45) is 24.5. The van der Waals surface area contributed by atoms with Crippen LogP contribution in [0.25, 0.3) is 0 Å². The van der Waals surface area contributed by atoms with Crippen LogP contribution < -0.4 is 0 Å². The molecule has 2 unspecified atom stereocenters. The molecular formula is C19H32. The number of hydrogen-bond donors (Lipinski definition) is 0. The van der Waals surface area contributed by atoms with Gasteiger partial charge >= 0.3 is 0 Å². The topological polar surface area (TPSA) is 0 Å². The fraction of sp³-hybridized carbons (Fsp3) is 0.789. The van der Waals surface area contributed by atoms with Crippen molar-refractivity contribution in [1.29, 1.82) is 0 Å². The van der Waals surface area contributed by atoms with Gasteiger partial charge in [0.05, 0.1) is 0 Å². The lowest BCUT2D eigenvalue weighted by Gasteiger charge is -2.07. The molecule has 0 aromatic heterocycles. The van der Waals surface area contributed by atoms with Gasteiger partial charge in [0.25, 0.3) is 0 Å². The molecule has 0 spiro atoms. The van der Waals surface area contributed by atoms with Crippen LogP contribution in [0.3, 0.4) is 0 Å². The molecule has 2 rings (SSSR count). The zero-order valence-corrected chi connectivity index (χ0v) is 12.9. The summed E-state index contributed by atoms with van der Waals surface area (Å²) in [6.45, 7) is 2.29. The monoisotopic (exact) mass is 260 g/mol. The minimum Gasteiger partial charge on any atom is -0.0847 e. The third-order valence-corrected chi connectivity index (χ3v) is 4.86. The molecule has 0 aromatic rings. The average Bonchev–Trinajstić information content (AvgIpc) is 3.03. The Morgan fingerprint density at radius 3 is 2.21 bits per heavy atom. The van der Waals surface area contributed by atoms with Crippen molar-refractivity contribution in [3.8, 4) is 0 Å². The van der Waals surface area contributed by atoms with Crippen LogP contribution in [-0.4, -0.2) is 0 Å². The van der Waals surface area contributed by atoms with Crippen molar-refractivity contribution >= 4 is 0 Å². The van der Waals surface area contributed by atoms with Crippen molar-refractivity contribution in [2.24, 2.45) is 11.8 Å². The lowest BCUT2D eigenvalue weighted by Crippen LogP contribution is -1.92. The fourth-order valence-corrected chi connectivity index (χ4v) is 3.63. The van der Waals surface area contributed by atoms with E-state index < -0.39 is 0 Å². The first kappa shape index (κ1) is 14.9. The van der Waals surface area contributed by atoms with Crippen molar-refractivity contribution in [2.45, 2.75) is 84.0 Å². The molecule has 2 aliphatic rings. The molecular weight excluding hydrogens is 228 g/mol. The van der Waals surface area contributed by atoms with Gasteiger partial charge in [0.15, 0.2) is 0 Å². The smallest absolute Gasteiger partial charge is 0.00173 e. The summed E-state index contributed by atoms with van der Waals surface area (Å²) in [4.78, 5) is 0. The van der Waals surface area contributed by atoms with Crippen molar-refractivity contribution < 1.29 is 0 Å². The normalized spacial score (nSPS) is 26.7. The molecule has 19 heavy (non-hydrogen) atoms. The van der Waals surface area contributed by atoms with Crippen LogP contribution >= 0.6 is 0 Å². The first-order valence-electron chi connectivity index (χ1n) is 8.77. The zero-order valence-electron chi connectivity index (χ0n) is 12.9. The van der Waals surface area contributed by atoms with Gasteiger partial charge in [0, 0.05) is 0 Å². The van der Waals surface area contributed by atoms with E-state index >= 15 is 0 Å². The SMILES string of the molecule is CCCCCCCCCCCC=C1CC2C=CC1C2. The Bertz CT molecular complexity index is 297. The summed E-state index contributed by atoms with van der Waals surface area (Å²) in [5.41, 5.74) is 1.76. The molecule has 0 aromatic carbocycles. The van der Waals surface area contributed by atoms with Gasteiger partial charge in [-0.3, -0.25) is 0 Å². The average molecular weight is 260 g/mol. The predicted molar refractivity (Wildman–Crippen MR) is 85.3 cm³/mol. The Morgan fingerprint density at radius 1 is 0.947 bits per heavy atom. The van der Waals surface area contributed by atoms with E-state index in [1.54, 1.807) is 5.57 Å². The molecule has 0 heterocycles. The molecule has 2 aliphatic carbocycles. The van der Waals surface area contributed by atoms with E-state index in [4.69, 9.17) is 0 Å². The van der Waals surface area contributed by atoms with Gasteiger partial charge in [-0.2, -0.15) is 0 Å². The second-order valence-corrected chi connectivity index (χ2v) is 6.59. The van der Waals surface area contributed by atoms with Crippen molar-refractivity contribution in [1.82, 2.24) is 0 Å². The standard InChI is InChI=1S/C19H32/c1-2-3-4-5-6-7-8-9-10-11-12-18-15-17-13-14-19(18)16-17/h12-14,17,19H,2-11,15-16H2,1H3. The summed E-state index contributed by atoms with van der Waals surface area (Å²) in [6, 6.07) is 0.